The normalized spacial score (nSPS) is 17.3. The van der Waals surface area contributed by atoms with Gasteiger partial charge in [-0.05, 0) is 18.9 Å². The van der Waals surface area contributed by atoms with Gasteiger partial charge in [0.1, 0.15) is 11.3 Å². The molecule has 1 aliphatic heterocycles. The molecule has 0 bridgehead atoms. The second kappa shape index (κ2) is 6.93. The summed E-state index contributed by atoms with van der Waals surface area (Å²) in [6, 6.07) is 5.55. The number of fused-ring (bicyclic) bond motifs is 1. The van der Waals surface area contributed by atoms with Crippen LogP contribution in [0.1, 0.15) is 18.5 Å². The van der Waals surface area contributed by atoms with E-state index in [1.54, 1.807) is 16.7 Å². The van der Waals surface area contributed by atoms with Gasteiger partial charge in [-0.25, -0.2) is 18.6 Å². The van der Waals surface area contributed by atoms with Crippen molar-refractivity contribution in [3.8, 4) is 0 Å². The Bertz CT molecular complexity index is 1020. The molecule has 0 unspecified atom stereocenters. The maximum Gasteiger partial charge on any atom is 0.207 e. The van der Waals surface area contributed by atoms with Crippen LogP contribution in [-0.4, -0.2) is 33.7 Å². The number of aromatic nitrogens is 3. The molecule has 27 heavy (non-hydrogen) atoms. The van der Waals surface area contributed by atoms with Crippen LogP contribution in [0.2, 0.25) is 0 Å². The minimum atomic E-state index is -0.692. The Kier molecular flexibility index (Phi) is 4.46. The van der Waals surface area contributed by atoms with E-state index in [9.17, 15) is 8.78 Å². The Morgan fingerprint density at radius 1 is 1.30 bits per heavy atom. The van der Waals surface area contributed by atoms with Crippen molar-refractivity contribution in [2.75, 3.05) is 18.0 Å². The Labute approximate surface area is 155 Å². The number of halogens is 2. The molecule has 3 aromatic rings. The summed E-state index contributed by atoms with van der Waals surface area (Å²) in [6.45, 7) is 8.67. The van der Waals surface area contributed by atoms with Gasteiger partial charge in [-0.3, -0.25) is 4.98 Å². The van der Waals surface area contributed by atoms with E-state index in [0.29, 0.717) is 35.9 Å². The van der Waals surface area contributed by atoms with Gasteiger partial charge in [0.2, 0.25) is 11.6 Å². The van der Waals surface area contributed by atoms with Gasteiger partial charge in [0.15, 0.2) is 5.82 Å². The molecule has 2 N–H and O–H groups in total. The van der Waals surface area contributed by atoms with Crippen LogP contribution in [-0.2, 0) is 6.54 Å². The minimum absolute atomic E-state index is 0.0182. The number of anilines is 1. The number of hydrogen-bond donors (Lipinski definition) is 1. The first-order valence-corrected chi connectivity index (χ1v) is 8.73. The number of nitrogens with two attached hydrogens (primary N) is 1. The van der Waals surface area contributed by atoms with E-state index >= 15 is 0 Å². The molecule has 0 amide bonds. The van der Waals surface area contributed by atoms with Crippen molar-refractivity contribution in [3.63, 3.8) is 0 Å². The predicted octanol–water partition coefficient (Wildman–Crippen LogP) is 3.24. The molecule has 6 nitrogen and oxygen atoms in total. The van der Waals surface area contributed by atoms with Gasteiger partial charge in [-0.2, -0.15) is 0 Å². The van der Waals surface area contributed by atoms with Gasteiger partial charge in [0, 0.05) is 37.5 Å². The third-order valence-electron chi connectivity index (χ3n) is 4.75. The first-order chi connectivity index (χ1) is 13.0. The lowest BCUT2D eigenvalue weighted by molar-refractivity contribution is 0.495. The van der Waals surface area contributed by atoms with Crippen LogP contribution in [0.3, 0.4) is 0 Å². The Morgan fingerprint density at radius 2 is 2.15 bits per heavy atom. The van der Waals surface area contributed by atoms with Crippen molar-refractivity contribution in [3.05, 3.63) is 59.2 Å². The zero-order valence-corrected chi connectivity index (χ0v) is 14.6. The molecule has 1 saturated heterocycles. The van der Waals surface area contributed by atoms with Crippen molar-refractivity contribution >= 4 is 22.7 Å². The molecular formula is C19H18F2N6. The maximum atomic E-state index is 14.3. The second-order valence-electron chi connectivity index (χ2n) is 6.72. The predicted molar refractivity (Wildman–Crippen MR) is 98.7 cm³/mol. The van der Waals surface area contributed by atoms with Crippen molar-refractivity contribution in [2.45, 2.75) is 25.4 Å². The highest BCUT2D eigenvalue weighted by molar-refractivity contribution is 5.80. The molecule has 1 atom stereocenters. The van der Waals surface area contributed by atoms with Crippen LogP contribution in [0.5, 0.6) is 0 Å². The number of rotatable bonds is 3. The van der Waals surface area contributed by atoms with Crippen molar-refractivity contribution < 1.29 is 8.78 Å². The average molecular weight is 368 g/mol. The summed E-state index contributed by atoms with van der Waals surface area (Å²) in [5, 5.41) is 0. The largest absolute Gasteiger partial charge is 0.341 e. The van der Waals surface area contributed by atoms with E-state index in [0.717, 1.165) is 25.5 Å². The lowest BCUT2D eigenvalue weighted by atomic mass is 10.1. The molecule has 0 aliphatic carbocycles. The molecule has 1 fully saturated rings. The average Bonchev–Trinajstić information content (AvgIpc) is 3.01. The third kappa shape index (κ3) is 3.34. The van der Waals surface area contributed by atoms with Crippen LogP contribution in [0.15, 0.2) is 30.5 Å². The molecule has 0 radical (unpaired) electrons. The fourth-order valence-electron chi connectivity index (χ4n) is 3.46. The van der Waals surface area contributed by atoms with Crippen LogP contribution in [0, 0.1) is 18.2 Å². The number of imidazole rings is 1. The molecule has 4 rings (SSSR count). The van der Waals surface area contributed by atoms with E-state index < -0.39 is 11.6 Å². The number of piperidine rings is 1. The van der Waals surface area contributed by atoms with E-state index in [4.69, 9.17) is 12.3 Å². The van der Waals surface area contributed by atoms with Crippen molar-refractivity contribution in [1.29, 1.82) is 0 Å². The van der Waals surface area contributed by atoms with Crippen LogP contribution in [0.25, 0.3) is 15.9 Å². The van der Waals surface area contributed by atoms with Crippen molar-refractivity contribution in [2.24, 2.45) is 5.73 Å². The Hall–Kier alpha value is -3.05. The number of benzene rings is 1. The molecule has 138 valence electrons. The first kappa shape index (κ1) is 17.4. The highest BCUT2D eigenvalue weighted by Crippen LogP contribution is 2.28. The summed E-state index contributed by atoms with van der Waals surface area (Å²) in [6.07, 6.45) is 3.33. The summed E-state index contributed by atoms with van der Waals surface area (Å²) in [4.78, 5) is 14.1. The van der Waals surface area contributed by atoms with Gasteiger partial charge < -0.3 is 15.2 Å². The van der Waals surface area contributed by atoms with Crippen LogP contribution >= 0.6 is 0 Å². The fourth-order valence-corrected chi connectivity index (χ4v) is 3.46. The van der Waals surface area contributed by atoms with Gasteiger partial charge in [-0.1, -0.05) is 6.07 Å². The van der Waals surface area contributed by atoms with Crippen LogP contribution < -0.4 is 10.6 Å². The van der Waals surface area contributed by atoms with Gasteiger partial charge in [-0.15, -0.1) is 0 Å². The molecule has 1 aliphatic rings. The number of hydrogen-bond acceptors (Lipinski definition) is 4. The molecule has 0 spiro atoms. The number of pyridine rings is 1. The van der Waals surface area contributed by atoms with E-state index in [2.05, 4.69) is 14.8 Å². The smallest absolute Gasteiger partial charge is 0.207 e. The highest BCUT2D eigenvalue weighted by atomic mass is 19.1. The molecule has 3 heterocycles. The van der Waals surface area contributed by atoms with Gasteiger partial charge in [0.05, 0.1) is 24.3 Å². The second-order valence-corrected chi connectivity index (χ2v) is 6.72. The zero-order valence-electron chi connectivity index (χ0n) is 14.6. The molecular weight excluding hydrogens is 350 g/mol. The minimum Gasteiger partial charge on any atom is -0.341 e. The highest BCUT2D eigenvalue weighted by Gasteiger charge is 2.24. The lowest BCUT2D eigenvalue weighted by Gasteiger charge is -2.32. The molecule has 8 heteroatoms. The van der Waals surface area contributed by atoms with E-state index in [1.165, 1.54) is 12.3 Å². The SMILES string of the molecule is [C-]#[N+]c1ccc(Cn2c(N3CCC[C@H](N)C3)nc3c(F)cc(F)cc32)nc1. The zero-order chi connectivity index (χ0) is 19.0. The summed E-state index contributed by atoms with van der Waals surface area (Å²) >= 11 is 0. The molecule has 1 aromatic carbocycles. The van der Waals surface area contributed by atoms with E-state index in [1.807, 2.05) is 4.90 Å². The third-order valence-corrected chi connectivity index (χ3v) is 4.75. The topological polar surface area (TPSA) is 64.3 Å². The summed E-state index contributed by atoms with van der Waals surface area (Å²) in [5.41, 5.74) is 7.71. The van der Waals surface area contributed by atoms with Crippen LogP contribution in [0.4, 0.5) is 20.4 Å². The Morgan fingerprint density at radius 3 is 2.85 bits per heavy atom. The summed E-state index contributed by atoms with van der Waals surface area (Å²) < 4.78 is 29.9. The van der Waals surface area contributed by atoms with E-state index in [-0.39, 0.29) is 11.6 Å². The standard InChI is InChI=1S/C19H18F2N6/c1-23-14-4-5-15(24-9-14)11-27-17-8-12(20)7-16(21)18(17)25-19(27)26-6-2-3-13(22)10-26/h4-5,7-9,13H,2-3,6,10-11,22H2/t13-/m0/s1. The molecule has 2 aromatic heterocycles. The van der Waals surface area contributed by atoms with Gasteiger partial charge >= 0.3 is 0 Å². The van der Waals surface area contributed by atoms with Gasteiger partial charge in [0.25, 0.3) is 0 Å². The maximum absolute atomic E-state index is 14.3. The quantitative estimate of drug-likeness (QED) is 0.721. The molecule has 0 saturated carbocycles. The summed E-state index contributed by atoms with van der Waals surface area (Å²) in [7, 11) is 0. The monoisotopic (exact) mass is 368 g/mol. The fraction of sp³-hybridized carbons (Fsp3) is 0.316. The summed E-state index contributed by atoms with van der Waals surface area (Å²) in [5.74, 6) is -0.789. The lowest BCUT2D eigenvalue weighted by Crippen LogP contribution is -2.44. The number of nitrogens with zero attached hydrogens (tertiary/aromatic N) is 5. The Balaban J connectivity index is 1.82. The first-order valence-electron chi connectivity index (χ1n) is 8.73. The van der Waals surface area contributed by atoms with Crippen molar-refractivity contribution in [1.82, 2.24) is 14.5 Å².